The van der Waals surface area contributed by atoms with Crippen LogP contribution in [0.1, 0.15) is 17.1 Å². The van der Waals surface area contributed by atoms with Crippen LogP contribution in [-0.2, 0) is 0 Å². The van der Waals surface area contributed by atoms with Crippen LogP contribution in [0.15, 0.2) is 29.4 Å². The van der Waals surface area contributed by atoms with E-state index < -0.39 is 0 Å². The first-order valence-electron chi connectivity index (χ1n) is 5.21. The van der Waals surface area contributed by atoms with Crippen LogP contribution >= 0.6 is 0 Å². The zero-order valence-corrected chi connectivity index (χ0v) is 9.23. The summed E-state index contributed by atoms with van der Waals surface area (Å²) >= 11 is 0. The van der Waals surface area contributed by atoms with Crippen LogP contribution in [0.3, 0.4) is 0 Å². The zero-order chi connectivity index (χ0) is 11.1. The van der Waals surface area contributed by atoms with E-state index in [1.165, 1.54) is 0 Å². The van der Waals surface area contributed by atoms with Gasteiger partial charge in [0.25, 0.3) is 0 Å². The third-order valence-electron chi connectivity index (χ3n) is 2.64. The van der Waals surface area contributed by atoms with Gasteiger partial charge in [-0.2, -0.15) is 0 Å². The molecule has 0 radical (unpaired) electrons. The van der Waals surface area contributed by atoms with E-state index in [0.29, 0.717) is 0 Å². The molecular formula is C12H12N4. The van der Waals surface area contributed by atoms with E-state index in [-0.39, 0.29) is 0 Å². The van der Waals surface area contributed by atoms with Crippen LogP contribution in [0.4, 0.5) is 11.4 Å². The van der Waals surface area contributed by atoms with Gasteiger partial charge in [0.1, 0.15) is 5.69 Å². The molecular weight excluding hydrogens is 200 g/mol. The Morgan fingerprint density at radius 3 is 3.06 bits per heavy atom. The van der Waals surface area contributed by atoms with E-state index in [0.717, 1.165) is 28.5 Å². The number of hydrogen-bond acceptors (Lipinski definition) is 3. The first kappa shape index (κ1) is 9.15. The Hall–Kier alpha value is -2.10. The molecule has 0 amide bonds. The molecule has 0 spiro atoms. The number of hydrogen-bond donors (Lipinski definition) is 1. The van der Waals surface area contributed by atoms with Crippen LogP contribution in [0.5, 0.6) is 0 Å². The lowest BCUT2D eigenvalue weighted by Crippen LogP contribution is -2.09. The molecule has 0 atom stereocenters. The van der Waals surface area contributed by atoms with Crippen molar-refractivity contribution in [1.29, 1.82) is 0 Å². The minimum absolute atomic E-state index is 0.911. The molecule has 0 saturated heterocycles. The highest BCUT2D eigenvalue weighted by Gasteiger charge is 2.11. The molecule has 0 aliphatic carbocycles. The van der Waals surface area contributed by atoms with Crippen LogP contribution < -0.4 is 5.43 Å². The van der Waals surface area contributed by atoms with Gasteiger partial charge in [-0.1, -0.05) is 0 Å². The van der Waals surface area contributed by atoms with Gasteiger partial charge in [0.05, 0.1) is 23.3 Å². The van der Waals surface area contributed by atoms with Crippen LogP contribution in [0, 0.1) is 13.8 Å². The van der Waals surface area contributed by atoms with Gasteiger partial charge in [0, 0.05) is 11.9 Å². The molecule has 1 aliphatic heterocycles. The predicted molar refractivity (Wildman–Crippen MR) is 64.4 cm³/mol. The number of nitrogens with one attached hydrogen (secondary N) is 1. The van der Waals surface area contributed by atoms with Crippen molar-refractivity contribution in [3.8, 4) is 0 Å². The molecule has 1 N–H and O–H groups in total. The molecule has 2 aromatic rings. The highest BCUT2D eigenvalue weighted by Crippen LogP contribution is 2.30. The van der Waals surface area contributed by atoms with E-state index in [1.807, 2.05) is 49.1 Å². The number of aryl methyl sites for hydroxylation is 2. The first-order valence-corrected chi connectivity index (χ1v) is 5.21. The smallest absolute Gasteiger partial charge is 0.109 e. The largest absolute Gasteiger partial charge is 0.292 e. The quantitative estimate of drug-likeness (QED) is 0.622. The fraction of sp³-hybridized carbons (Fsp3) is 0.167. The molecule has 0 saturated carbocycles. The van der Waals surface area contributed by atoms with E-state index in [4.69, 9.17) is 0 Å². The summed E-state index contributed by atoms with van der Waals surface area (Å²) < 4.78 is 1.95. The highest BCUT2D eigenvalue weighted by atomic mass is 15.4. The van der Waals surface area contributed by atoms with Crippen LogP contribution in [-0.4, -0.2) is 15.9 Å². The van der Waals surface area contributed by atoms with E-state index in [9.17, 15) is 0 Å². The summed E-state index contributed by atoms with van der Waals surface area (Å²) in [7, 11) is 0. The van der Waals surface area contributed by atoms with Crippen molar-refractivity contribution < 1.29 is 0 Å². The topological polar surface area (TPSA) is 42.2 Å². The van der Waals surface area contributed by atoms with Gasteiger partial charge < -0.3 is 0 Å². The molecule has 4 heteroatoms. The number of pyridine rings is 1. The SMILES string of the molecule is Cc1cc2c(c(C)n1)N=Cc1cccn1N2. The minimum atomic E-state index is 0.911. The van der Waals surface area contributed by atoms with Crippen molar-refractivity contribution >= 4 is 17.6 Å². The maximum absolute atomic E-state index is 4.47. The lowest BCUT2D eigenvalue weighted by molar-refractivity contribution is 0.961. The van der Waals surface area contributed by atoms with Crippen molar-refractivity contribution in [3.05, 3.63) is 41.5 Å². The van der Waals surface area contributed by atoms with Gasteiger partial charge in [0.15, 0.2) is 0 Å². The summed E-state index contributed by atoms with van der Waals surface area (Å²) in [4.78, 5) is 8.88. The lowest BCUT2D eigenvalue weighted by Gasteiger charge is -2.11. The van der Waals surface area contributed by atoms with Gasteiger partial charge in [-0.15, -0.1) is 0 Å². The summed E-state index contributed by atoms with van der Waals surface area (Å²) in [6.45, 7) is 3.96. The third kappa shape index (κ3) is 1.31. The Morgan fingerprint density at radius 2 is 2.19 bits per heavy atom. The number of anilines is 1. The Kier molecular flexibility index (Phi) is 1.83. The number of aliphatic imine (C=N–C) groups is 1. The number of aromatic nitrogens is 2. The second-order valence-corrected chi connectivity index (χ2v) is 3.92. The standard InChI is InChI=1S/C12H12N4/c1-8-6-11-12(9(2)14-8)13-7-10-4-3-5-16(10)15-11/h3-7,15H,1-2H3. The summed E-state index contributed by atoms with van der Waals surface area (Å²) in [6.07, 6.45) is 3.82. The van der Waals surface area contributed by atoms with E-state index in [2.05, 4.69) is 15.4 Å². The molecule has 16 heavy (non-hydrogen) atoms. The first-order chi connectivity index (χ1) is 7.74. The molecule has 0 fully saturated rings. The van der Waals surface area contributed by atoms with E-state index in [1.54, 1.807) is 0 Å². The molecule has 0 bridgehead atoms. The maximum Gasteiger partial charge on any atom is 0.109 e. The van der Waals surface area contributed by atoms with Gasteiger partial charge in [0.2, 0.25) is 0 Å². The monoisotopic (exact) mass is 212 g/mol. The molecule has 1 aliphatic rings. The average molecular weight is 212 g/mol. The van der Waals surface area contributed by atoms with Gasteiger partial charge >= 0.3 is 0 Å². The Labute approximate surface area is 93.6 Å². The molecule has 3 heterocycles. The molecule has 2 aromatic heterocycles. The zero-order valence-electron chi connectivity index (χ0n) is 9.23. The molecule has 4 nitrogen and oxygen atoms in total. The molecule has 0 unspecified atom stereocenters. The summed E-state index contributed by atoms with van der Waals surface area (Å²) in [5.41, 5.74) is 8.20. The predicted octanol–water partition coefficient (Wildman–Crippen LogP) is 2.44. The Bertz CT molecular complexity index is 581. The fourth-order valence-corrected chi connectivity index (χ4v) is 1.93. The van der Waals surface area contributed by atoms with Crippen LogP contribution in [0.2, 0.25) is 0 Å². The Morgan fingerprint density at radius 1 is 1.31 bits per heavy atom. The molecule has 0 aromatic carbocycles. The van der Waals surface area contributed by atoms with Gasteiger partial charge in [-0.3, -0.25) is 20.1 Å². The summed E-state index contributed by atoms with van der Waals surface area (Å²) in [5.74, 6) is 0. The van der Waals surface area contributed by atoms with E-state index >= 15 is 0 Å². The fourth-order valence-electron chi connectivity index (χ4n) is 1.93. The summed E-state index contributed by atoms with van der Waals surface area (Å²) in [6, 6.07) is 6.01. The molecule has 3 rings (SSSR count). The number of nitrogens with zero attached hydrogens (tertiary/aromatic N) is 3. The maximum atomic E-state index is 4.47. The van der Waals surface area contributed by atoms with Crippen molar-refractivity contribution in [2.75, 3.05) is 5.43 Å². The third-order valence-corrected chi connectivity index (χ3v) is 2.64. The van der Waals surface area contributed by atoms with Gasteiger partial charge in [-0.05, 0) is 32.0 Å². The highest BCUT2D eigenvalue weighted by molar-refractivity contribution is 5.85. The second-order valence-electron chi connectivity index (χ2n) is 3.92. The van der Waals surface area contributed by atoms with Crippen LogP contribution in [0.25, 0.3) is 0 Å². The number of fused-ring (bicyclic) bond motifs is 2. The van der Waals surface area contributed by atoms with Crippen molar-refractivity contribution in [3.63, 3.8) is 0 Å². The number of rotatable bonds is 0. The van der Waals surface area contributed by atoms with Crippen molar-refractivity contribution in [2.24, 2.45) is 4.99 Å². The van der Waals surface area contributed by atoms with Crippen molar-refractivity contribution in [1.82, 2.24) is 9.66 Å². The minimum Gasteiger partial charge on any atom is -0.292 e. The lowest BCUT2D eigenvalue weighted by atomic mass is 10.2. The second kappa shape index (κ2) is 3.20. The average Bonchev–Trinajstić information content (AvgIpc) is 2.57. The normalized spacial score (nSPS) is 12.6. The summed E-state index contributed by atoms with van der Waals surface area (Å²) in [5, 5.41) is 0. The molecule has 80 valence electrons. The van der Waals surface area contributed by atoms with Gasteiger partial charge in [-0.25, -0.2) is 0 Å². The van der Waals surface area contributed by atoms with Crippen molar-refractivity contribution in [2.45, 2.75) is 13.8 Å². The Balaban J connectivity index is 2.22.